The fraction of sp³-hybridized carbons (Fsp3) is 0.385. The molecular weight excluding hydrogens is 250 g/mol. The van der Waals surface area contributed by atoms with Crippen LogP contribution in [0.2, 0.25) is 0 Å². The Kier molecular flexibility index (Phi) is 5.71. The zero-order chi connectivity index (χ0) is 13.5. The van der Waals surface area contributed by atoms with Gasteiger partial charge in [-0.3, -0.25) is 9.59 Å². The molecule has 0 spiro atoms. The van der Waals surface area contributed by atoms with Gasteiger partial charge in [0.15, 0.2) is 0 Å². The van der Waals surface area contributed by atoms with Crippen LogP contribution in [0.15, 0.2) is 29.2 Å². The smallest absolute Gasteiger partial charge is 0.303 e. The predicted molar refractivity (Wildman–Crippen MR) is 72.1 cm³/mol. The van der Waals surface area contributed by atoms with E-state index in [0.29, 0.717) is 18.5 Å². The van der Waals surface area contributed by atoms with Crippen LogP contribution in [0.4, 0.5) is 0 Å². The van der Waals surface area contributed by atoms with Crippen LogP contribution >= 0.6 is 11.8 Å². The minimum absolute atomic E-state index is 0.0645. The first-order valence-electron chi connectivity index (χ1n) is 5.66. The third-order valence-corrected chi connectivity index (χ3v) is 3.36. The molecule has 0 saturated heterocycles. The molecule has 1 aromatic carbocycles. The number of carbonyl (C=O) groups excluding carboxylic acids is 1. The van der Waals surface area contributed by atoms with Crippen molar-refractivity contribution in [2.75, 3.05) is 19.8 Å². The maximum absolute atomic E-state index is 12.2. The van der Waals surface area contributed by atoms with Gasteiger partial charge in [0.2, 0.25) is 0 Å². The number of carboxylic acid groups (broad SMARTS) is 1. The average Bonchev–Trinajstić information content (AvgIpc) is 2.37. The summed E-state index contributed by atoms with van der Waals surface area (Å²) in [7, 11) is 1.70. The molecule has 18 heavy (non-hydrogen) atoms. The van der Waals surface area contributed by atoms with Crippen molar-refractivity contribution in [2.24, 2.45) is 0 Å². The van der Waals surface area contributed by atoms with Crippen molar-refractivity contribution < 1.29 is 14.7 Å². The molecule has 1 rings (SSSR count). The zero-order valence-corrected chi connectivity index (χ0v) is 11.4. The number of carboxylic acids is 1. The molecule has 0 aliphatic heterocycles. The normalized spacial score (nSPS) is 10.1. The summed E-state index contributed by atoms with van der Waals surface area (Å²) in [4.78, 5) is 25.1. The highest BCUT2D eigenvalue weighted by Gasteiger charge is 2.14. The van der Waals surface area contributed by atoms with Gasteiger partial charge in [0.05, 0.1) is 5.56 Å². The maximum atomic E-state index is 12.2. The minimum Gasteiger partial charge on any atom is -0.481 e. The largest absolute Gasteiger partial charge is 0.481 e. The molecule has 0 heterocycles. The van der Waals surface area contributed by atoms with Gasteiger partial charge in [-0.25, -0.2) is 0 Å². The van der Waals surface area contributed by atoms with Gasteiger partial charge in [-0.15, -0.1) is 11.8 Å². The summed E-state index contributed by atoms with van der Waals surface area (Å²) in [6, 6.07) is 7.43. The van der Waals surface area contributed by atoms with Crippen molar-refractivity contribution in [2.45, 2.75) is 17.7 Å². The third kappa shape index (κ3) is 4.07. The zero-order valence-electron chi connectivity index (χ0n) is 10.5. The fourth-order valence-electron chi connectivity index (χ4n) is 1.60. The lowest BCUT2D eigenvalue weighted by atomic mass is 10.2. The molecule has 0 saturated carbocycles. The van der Waals surface area contributed by atoms with E-state index in [-0.39, 0.29) is 12.3 Å². The van der Waals surface area contributed by atoms with E-state index in [1.807, 2.05) is 24.5 Å². The van der Waals surface area contributed by atoms with E-state index in [4.69, 9.17) is 5.11 Å². The highest BCUT2D eigenvalue weighted by molar-refractivity contribution is 7.98. The first-order valence-corrected chi connectivity index (χ1v) is 6.89. The van der Waals surface area contributed by atoms with Gasteiger partial charge in [0, 0.05) is 24.9 Å². The Labute approximate surface area is 111 Å². The summed E-state index contributed by atoms with van der Waals surface area (Å²) >= 11 is 1.53. The maximum Gasteiger partial charge on any atom is 0.303 e. The predicted octanol–water partition coefficient (Wildman–Crippen LogP) is 2.35. The van der Waals surface area contributed by atoms with Gasteiger partial charge in [0.25, 0.3) is 5.91 Å². The van der Waals surface area contributed by atoms with E-state index < -0.39 is 5.97 Å². The van der Waals surface area contributed by atoms with Crippen molar-refractivity contribution >= 4 is 23.6 Å². The molecule has 0 unspecified atom stereocenters. The van der Waals surface area contributed by atoms with Crippen LogP contribution in [-0.2, 0) is 4.79 Å². The van der Waals surface area contributed by atoms with Crippen LogP contribution in [0, 0.1) is 0 Å². The molecule has 5 heteroatoms. The molecule has 0 aliphatic carbocycles. The third-order valence-electron chi connectivity index (χ3n) is 2.57. The van der Waals surface area contributed by atoms with Crippen molar-refractivity contribution in [1.29, 1.82) is 0 Å². The molecule has 0 fully saturated rings. The quantitative estimate of drug-likeness (QED) is 0.804. The second-order valence-electron chi connectivity index (χ2n) is 3.92. The van der Waals surface area contributed by atoms with E-state index in [2.05, 4.69) is 0 Å². The lowest BCUT2D eigenvalue weighted by Crippen LogP contribution is -2.28. The molecule has 98 valence electrons. The molecule has 1 aromatic rings. The highest BCUT2D eigenvalue weighted by atomic mass is 32.2. The second-order valence-corrected chi connectivity index (χ2v) is 4.77. The summed E-state index contributed by atoms with van der Waals surface area (Å²) in [5.74, 6) is -0.897. The Morgan fingerprint density at radius 1 is 1.33 bits per heavy atom. The first-order chi connectivity index (χ1) is 8.56. The van der Waals surface area contributed by atoms with Crippen molar-refractivity contribution in [1.82, 2.24) is 4.90 Å². The van der Waals surface area contributed by atoms with Gasteiger partial charge in [-0.2, -0.15) is 0 Å². The van der Waals surface area contributed by atoms with Crippen LogP contribution in [0.5, 0.6) is 0 Å². The highest BCUT2D eigenvalue weighted by Crippen LogP contribution is 2.21. The number of aliphatic carboxylic acids is 1. The lowest BCUT2D eigenvalue weighted by molar-refractivity contribution is -0.137. The van der Waals surface area contributed by atoms with Crippen molar-refractivity contribution in [3.05, 3.63) is 29.8 Å². The molecule has 0 aromatic heterocycles. The Hall–Kier alpha value is -1.49. The number of benzene rings is 1. The first kappa shape index (κ1) is 14.6. The van der Waals surface area contributed by atoms with Crippen LogP contribution in [0.3, 0.4) is 0 Å². The number of hydrogen-bond donors (Lipinski definition) is 1. The van der Waals surface area contributed by atoms with Gasteiger partial charge in [-0.1, -0.05) is 12.1 Å². The monoisotopic (exact) mass is 267 g/mol. The molecule has 1 N–H and O–H groups in total. The number of nitrogens with zero attached hydrogens (tertiary/aromatic N) is 1. The lowest BCUT2D eigenvalue weighted by Gasteiger charge is -2.18. The molecule has 0 atom stereocenters. The Bertz CT molecular complexity index is 434. The Balaban J connectivity index is 2.65. The number of hydrogen-bond acceptors (Lipinski definition) is 3. The van der Waals surface area contributed by atoms with Gasteiger partial charge < -0.3 is 10.0 Å². The summed E-state index contributed by atoms with van der Waals surface area (Å²) in [5, 5.41) is 8.56. The Morgan fingerprint density at radius 3 is 2.61 bits per heavy atom. The topological polar surface area (TPSA) is 57.6 Å². The second kappa shape index (κ2) is 7.06. The fourth-order valence-corrected chi connectivity index (χ4v) is 2.19. The van der Waals surface area contributed by atoms with Gasteiger partial charge in [-0.05, 0) is 24.8 Å². The van der Waals surface area contributed by atoms with Crippen molar-refractivity contribution in [3.8, 4) is 0 Å². The number of amides is 1. The number of carbonyl (C=O) groups is 2. The summed E-state index contributed by atoms with van der Waals surface area (Å²) in [5.41, 5.74) is 0.669. The number of rotatable bonds is 6. The molecule has 0 bridgehead atoms. The van der Waals surface area contributed by atoms with Crippen LogP contribution in [0.25, 0.3) is 0 Å². The molecular formula is C13H17NO3S. The van der Waals surface area contributed by atoms with Crippen LogP contribution < -0.4 is 0 Å². The average molecular weight is 267 g/mol. The van der Waals surface area contributed by atoms with Gasteiger partial charge >= 0.3 is 5.97 Å². The van der Waals surface area contributed by atoms with E-state index in [9.17, 15) is 9.59 Å². The van der Waals surface area contributed by atoms with Crippen LogP contribution in [-0.4, -0.2) is 41.7 Å². The SMILES string of the molecule is CSc1ccccc1C(=O)N(C)CCCC(=O)O. The molecule has 1 amide bonds. The molecule has 0 radical (unpaired) electrons. The van der Waals surface area contributed by atoms with E-state index >= 15 is 0 Å². The van der Waals surface area contributed by atoms with Crippen molar-refractivity contribution in [3.63, 3.8) is 0 Å². The van der Waals surface area contributed by atoms with E-state index in [1.54, 1.807) is 18.0 Å². The van der Waals surface area contributed by atoms with E-state index in [0.717, 1.165) is 4.90 Å². The minimum atomic E-state index is -0.833. The summed E-state index contributed by atoms with van der Waals surface area (Å²) in [6.07, 6.45) is 2.48. The molecule has 0 aliphatic rings. The summed E-state index contributed by atoms with van der Waals surface area (Å²) < 4.78 is 0. The van der Waals surface area contributed by atoms with Gasteiger partial charge in [0.1, 0.15) is 0 Å². The number of thioether (sulfide) groups is 1. The standard InChI is InChI=1S/C13H17NO3S/c1-14(9-5-8-12(15)16)13(17)10-6-3-4-7-11(10)18-2/h3-4,6-7H,5,8-9H2,1-2H3,(H,15,16). The summed E-state index contributed by atoms with van der Waals surface area (Å²) in [6.45, 7) is 0.452. The Morgan fingerprint density at radius 2 is 2.00 bits per heavy atom. The van der Waals surface area contributed by atoms with E-state index in [1.165, 1.54) is 11.8 Å². The molecule has 4 nitrogen and oxygen atoms in total. The van der Waals surface area contributed by atoms with Crippen LogP contribution in [0.1, 0.15) is 23.2 Å².